The normalized spacial score (nSPS) is 12.8. The summed E-state index contributed by atoms with van der Waals surface area (Å²) in [5, 5.41) is 2.51. The van der Waals surface area contributed by atoms with Crippen LogP contribution in [0.2, 0.25) is 0 Å². The van der Waals surface area contributed by atoms with Crippen LogP contribution in [0, 0.1) is 0 Å². The van der Waals surface area contributed by atoms with Crippen molar-refractivity contribution in [3.8, 4) is 50.6 Å². The lowest BCUT2D eigenvalue weighted by Crippen LogP contribution is -2.46. The quantitative estimate of drug-likeness (QED) is 0.187. The number of rotatable bonds is 3. The Kier molecular flexibility index (Phi) is 5.64. The third-order valence-electron chi connectivity index (χ3n) is 9.49. The van der Waals surface area contributed by atoms with Gasteiger partial charge in [-0.2, -0.15) is 11.6 Å². The summed E-state index contributed by atoms with van der Waals surface area (Å²) in [5.74, 6) is 2.01. The highest BCUT2D eigenvalue weighted by atomic mass is 32.2. The van der Waals surface area contributed by atoms with Gasteiger partial charge in [-0.1, -0.05) is 115 Å². The van der Waals surface area contributed by atoms with Crippen molar-refractivity contribution in [3.05, 3.63) is 158 Å². The fraction of sp³-hybridized carbons (Fsp3) is 0. The second-order valence-electron chi connectivity index (χ2n) is 12.0. The van der Waals surface area contributed by atoms with E-state index in [9.17, 15) is 0 Å². The molecule has 8 aromatic rings. The van der Waals surface area contributed by atoms with Crippen molar-refractivity contribution in [1.29, 1.82) is 0 Å². The van der Waals surface area contributed by atoms with Crippen LogP contribution in [0.25, 0.3) is 60.9 Å². The molecule has 2 aliphatic heterocycles. The first kappa shape index (κ1) is 25.8. The van der Waals surface area contributed by atoms with E-state index in [4.69, 9.17) is 4.74 Å². The zero-order valence-corrected chi connectivity index (χ0v) is 25.7. The lowest BCUT2D eigenvalue weighted by Gasteiger charge is -2.33. The van der Waals surface area contributed by atoms with Gasteiger partial charge in [-0.05, 0) is 80.7 Å². The van der Waals surface area contributed by atoms with Crippen LogP contribution in [0.4, 0.5) is 0 Å². The molecular weight excluding hydrogens is 577 g/mol. The van der Waals surface area contributed by atoms with Gasteiger partial charge in [0.15, 0.2) is 0 Å². The Balaban J connectivity index is 1.18. The van der Waals surface area contributed by atoms with Crippen LogP contribution < -0.4 is 15.7 Å². The predicted molar refractivity (Wildman–Crippen MR) is 194 cm³/mol. The van der Waals surface area contributed by atoms with Gasteiger partial charge in [-0.3, -0.25) is 0 Å². The van der Waals surface area contributed by atoms with Crippen molar-refractivity contribution in [3.63, 3.8) is 0 Å². The van der Waals surface area contributed by atoms with E-state index in [0.717, 1.165) is 22.7 Å². The Hall–Kier alpha value is -5.45. The van der Waals surface area contributed by atoms with Gasteiger partial charge in [0.05, 0.1) is 11.0 Å². The SMILES string of the molecule is c1ccc(-c2ccccc2-c2cc3c4c(c2)-c2ccccc2SB4c2ccc(-n4c5ccccc5c5ccccc54)cc2O3)cc1. The first-order valence-electron chi connectivity index (χ1n) is 15.7. The molecule has 1 aromatic heterocycles. The summed E-state index contributed by atoms with van der Waals surface area (Å²) in [7, 11) is 0. The number of hydrogen-bond acceptors (Lipinski definition) is 2. The van der Waals surface area contributed by atoms with E-state index in [-0.39, 0.29) is 5.99 Å². The smallest absolute Gasteiger partial charge is 0.289 e. The second-order valence-corrected chi connectivity index (χ2v) is 13.2. The summed E-state index contributed by atoms with van der Waals surface area (Å²) >= 11 is 1.93. The number of nitrogens with zero attached hydrogens (tertiary/aromatic N) is 1. The summed E-state index contributed by atoms with van der Waals surface area (Å²) in [6, 6.07) is 56.9. The van der Waals surface area contributed by atoms with Crippen molar-refractivity contribution in [2.45, 2.75) is 4.90 Å². The first-order chi connectivity index (χ1) is 22.8. The van der Waals surface area contributed by atoms with Crippen LogP contribution in [0.5, 0.6) is 11.5 Å². The number of aromatic nitrogens is 1. The molecule has 0 bridgehead atoms. The van der Waals surface area contributed by atoms with Gasteiger partial charge in [0.25, 0.3) is 5.99 Å². The lowest BCUT2D eigenvalue weighted by atomic mass is 9.57. The molecule has 0 saturated heterocycles. The Bertz CT molecular complexity index is 2450. The molecule has 2 aliphatic rings. The minimum absolute atomic E-state index is 0.147. The van der Waals surface area contributed by atoms with Gasteiger partial charge in [0.1, 0.15) is 11.5 Å². The van der Waals surface area contributed by atoms with Crippen molar-refractivity contribution in [2.24, 2.45) is 0 Å². The minimum Gasteiger partial charge on any atom is -0.458 e. The summed E-state index contributed by atoms with van der Waals surface area (Å²) < 4.78 is 9.35. The van der Waals surface area contributed by atoms with E-state index < -0.39 is 0 Å². The maximum Gasteiger partial charge on any atom is 0.289 e. The third kappa shape index (κ3) is 3.80. The molecule has 0 atom stereocenters. The van der Waals surface area contributed by atoms with E-state index in [1.165, 1.54) is 65.4 Å². The van der Waals surface area contributed by atoms with Crippen molar-refractivity contribution in [2.75, 3.05) is 0 Å². The highest BCUT2D eigenvalue weighted by molar-refractivity contribution is 8.28. The van der Waals surface area contributed by atoms with Crippen LogP contribution in [-0.4, -0.2) is 10.6 Å². The zero-order valence-electron chi connectivity index (χ0n) is 24.9. The number of para-hydroxylation sites is 2. The fourth-order valence-corrected chi connectivity index (χ4v) is 8.85. The van der Waals surface area contributed by atoms with Crippen molar-refractivity contribution >= 4 is 50.3 Å². The number of fused-ring (bicyclic) bond motifs is 7. The number of benzene rings is 7. The zero-order chi connectivity index (χ0) is 30.2. The second kappa shape index (κ2) is 10.0. The van der Waals surface area contributed by atoms with Gasteiger partial charge < -0.3 is 9.30 Å². The molecule has 4 heteroatoms. The van der Waals surface area contributed by atoms with Crippen molar-refractivity contribution < 1.29 is 4.74 Å². The first-order valence-corrected chi connectivity index (χ1v) is 16.6. The monoisotopic (exact) mass is 603 g/mol. The molecule has 7 aromatic carbocycles. The molecule has 2 nitrogen and oxygen atoms in total. The Morgan fingerprint density at radius 2 is 1.11 bits per heavy atom. The minimum atomic E-state index is 0.147. The number of hydrogen-bond donors (Lipinski definition) is 0. The summed E-state index contributed by atoms with van der Waals surface area (Å²) in [5.41, 5.74) is 13.3. The van der Waals surface area contributed by atoms with Crippen LogP contribution in [0.1, 0.15) is 0 Å². The summed E-state index contributed by atoms with van der Waals surface area (Å²) in [6.45, 7) is 0. The van der Waals surface area contributed by atoms with Gasteiger partial charge in [-0.15, -0.1) is 0 Å². The third-order valence-corrected chi connectivity index (χ3v) is 10.8. The molecule has 46 heavy (non-hydrogen) atoms. The van der Waals surface area contributed by atoms with Crippen LogP contribution in [0.15, 0.2) is 163 Å². The Morgan fingerprint density at radius 3 is 1.87 bits per heavy atom. The summed E-state index contributed by atoms with van der Waals surface area (Å²) in [4.78, 5) is 1.30. The molecule has 0 fully saturated rings. The standard InChI is InChI=1S/C42H26BNOS/c1-2-12-27(13-3-1)30-14-4-5-15-31(30)28-24-35-34-18-8-11-21-41(34)46-43-36-23-22-29(26-39(36)45-40(25-28)42(35)43)44-37-19-9-6-16-32(37)33-17-7-10-20-38(33)44/h1-26H. The molecule has 10 rings (SSSR count). The topological polar surface area (TPSA) is 14.2 Å². The van der Waals surface area contributed by atoms with Gasteiger partial charge in [0, 0.05) is 27.4 Å². The Labute approximate surface area is 271 Å². The molecule has 0 aliphatic carbocycles. The van der Waals surface area contributed by atoms with E-state index in [1.807, 2.05) is 11.6 Å². The summed E-state index contributed by atoms with van der Waals surface area (Å²) in [6.07, 6.45) is 0. The maximum atomic E-state index is 6.98. The number of ether oxygens (including phenoxy) is 1. The van der Waals surface area contributed by atoms with Crippen molar-refractivity contribution in [1.82, 2.24) is 4.57 Å². The molecule has 214 valence electrons. The fourth-order valence-electron chi connectivity index (χ4n) is 7.45. The van der Waals surface area contributed by atoms with Gasteiger partial charge in [0.2, 0.25) is 0 Å². The highest BCUT2D eigenvalue weighted by Gasteiger charge is 2.39. The molecular formula is C42H26BNOS. The molecule has 0 spiro atoms. The molecule has 0 saturated carbocycles. The van der Waals surface area contributed by atoms with E-state index in [2.05, 4.69) is 162 Å². The van der Waals surface area contributed by atoms with E-state index >= 15 is 0 Å². The average Bonchev–Trinajstić information content (AvgIpc) is 3.46. The lowest BCUT2D eigenvalue weighted by molar-refractivity contribution is 0.488. The van der Waals surface area contributed by atoms with E-state index in [1.54, 1.807) is 0 Å². The maximum absolute atomic E-state index is 6.98. The highest BCUT2D eigenvalue weighted by Crippen LogP contribution is 2.46. The molecule has 0 N–H and O–H groups in total. The largest absolute Gasteiger partial charge is 0.458 e. The molecule has 3 heterocycles. The molecule has 0 amide bonds. The molecule has 0 unspecified atom stereocenters. The van der Waals surface area contributed by atoms with Crippen LogP contribution >= 0.6 is 11.6 Å². The predicted octanol–water partition coefficient (Wildman–Crippen LogP) is 10.1. The van der Waals surface area contributed by atoms with Gasteiger partial charge >= 0.3 is 0 Å². The van der Waals surface area contributed by atoms with Gasteiger partial charge in [-0.25, -0.2) is 0 Å². The van der Waals surface area contributed by atoms with E-state index in [0.29, 0.717) is 0 Å². The van der Waals surface area contributed by atoms with Crippen LogP contribution in [-0.2, 0) is 0 Å². The molecule has 0 radical (unpaired) electrons. The van der Waals surface area contributed by atoms with Crippen LogP contribution in [0.3, 0.4) is 0 Å². The average molecular weight is 604 g/mol. The Morgan fingerprint density at radius 1 is 0.478 bits per heavy atom.